The molecule has 1 saturated heterocycles. The fourth-order valence-corrected chi connectivity index (χ4v) is 5.03. The first-order chi connectivity index (χ1) is 17.7. The summed E-state index contributed by atoms with van der Waals surface area (Å²) in [6, 6.07) is 19.8. The highest BCUT2D eigenvalue weighted by molar-refractivity contribution is 7.99. The number of amides is 1. The number of carbonyl (C=O) groups is 1. The predicted molar refractivity (Wildman–Crippen MR) is 142 cm³/mol. The van der Waals surface area contributed by atoms with E-state index in [1.807, 2.05) is 71.5 Å². The summed E-state index contributed by atoms with van der Waals surface area (Å²) in [6.45, 7) is 6.02. The molecule has 4 aromatic rings. The lowest BCUT2D eigenvalue weighted by Gasteiger charge is -2.28. The minimum Gasteiger partial charge on any atom is -0.378 e. The van der Waals surface area contributed by atoms with E-state index in [0.29, 0.717) is 26.3 Å². The van der Waals surface area contributed by atoms with Crippen LogP contribution in [0.25, 0.3) is 11.0 Å². The maximum atomic E-state index is 13.3. The number of anilines is 1. The number of ether oxygens (including phenoxy) is 1. The summed E-state index contributed by atoms with van der Waals surface area (Å²) in [5, 5.41) is 9.40. The van der Waals surface area contributed by atoms with Crippen LogP contribution >= 0.6 is 11.8 Å². The lowest BCUT2D eigenvalue weighted by molar-refractivity contribution is -0.121. The van der Waals surface area contributed by atoms with Gasteiger partial charge in [0.05, 0.1) is 37.3 Å². The molecule has 2 aromatic carbocycles. The topological polar surface area (TPSA) is 85.2 Å². The van der Waals surface area contributed by atoms with E-state index < -0.39 is 0 Å². The zero-order chi connectivity index (χ0) is 24.7. The van der Waals surface area contributed by atoms with Crippen molar-refractivity contribution in [3.8, 4) is 0 Å². The first-order valence-corrected chi connectivity index (χ1v) is 13.3. The van der Waals surface area contributed by atoms with Crippen molar-refractivity contribution in [3.05, 3.63) is 78.0 Å². The number of hydrogen-bond donors (Lipinski definition) is 1. The zero-order valence-corrected chi connectivity index (χ0v) is 21.2. The Kier molecular flexibility index (Phi) is 7.78. The van der Waals surface area contributed by atoms with Gasteiger partial charge in [-0.15, -0.1) is 0 Å². The summed E-state index contributed by atoms with van der Waals surface area (Å²) in [5.41, 5.74) is 2.73. The Balaban J connectivity index is 1.35. The maximum absolute atomic E-state index is 13.3. The highest BCUT2D eigenvalue weighted by atomic mass is 32.2. The van der Waals surface area contributed by atoms with Gasteiger partial charge in [-0.1, -0.05) is 79.3 Å². The van der Waals surface area contributed by atoms with E-state index in [4.69, 9.17) is 14.7 Å². The van der Waals surface area contributed by atoms with Crippen LogP contribution in [0.1, 0.15) is 24.0 Å². The van der Waals surface area contributed by atoms with Crippen molar-refractivity contribution in [1.82, 2.24) is 25.1 Å². The van der Waals surface area contributed by atoms with Crippen LogP contribution in [-0.2, 0) is 16.1 Å². The second kappa shape index (κ2) is 11.5. The predicted octanol–water partition coefficient (Wildman–Crippen LogP) is 3.72. The van der Waals surface area contributed by atoms with Crippen molar-refractivity contribution in [2.75, 3.05) is 43.5 Å². The summed E-state index contributed by atoms with van der Waals surface area (Å²) in [5.74, 6) is 1.39. The number of fused-ring (bicyclic) bond motifs is 1. The Labute approximate surface area is 215 Å². The number of hydrogen-bond acceptors (Lipinski definition) is 7. The first-order valence-electron chi connectivity index (χ1n) is 12.3. The van der Waals surface area contributed by atoms with Crippen molar-refractivity contribution in [2.24, 2.45) is 0 Å². The van der Waals surface area contributed by atoms with E-state index in [1.165, 1.54) is 0 Å². The number of carbonyl (C=O) groups excluding carboxylic acids is 1. The molecule has 3 heterocycles. The molecule has 0 saturated carbocycles. The largest absolute Gasteiger partial charge is 0.378 e. The lowest BCUT2D eigenvalue weighted by Crippen LogP contribution is -2.37. The summed E-state index contributed by atoms with van der Waals surface area (Å²) in [6.07, 6.45) is 1.83. The summed E-state index contributed by atoms with van der Waals surface area (Å²) < 4.78 is 7.39. The van der Waals surface area contributed by atoms with Crippen molar-refractivity contribution in [3.63, 3.8) is 0 Å². The van der Waals surface area contributed by atoms with E-state index >= 15 is 0 Å². The molecule has 0 atom stereocenters. The van der Waals surface area contributed by atoms with Crippen LogP contribution in [0, 0.1) is 0 Å². The second-order valence-electron chi connectivity index (χ2n) is 8.51. The molecule has 1 aliphatic rings. The van der Waals surface area contributed by atoms with Crippen LogP contribution in [0.2, 0.25) is 0 Å². The minimum atomic E-state index is -0.371. The van der Waals surface area contributed by atoms with E-state index in [0.717, 1.165) is 52.0 Å². The molecule has 0 bridgehead atoms. The number of nitrogens with one attached hydrogen (secondary N) is 1. The Bertz CT molecular complexity index is 1250. The molecule has 186 valence electrons. The Morgan fingerprint density at radius 2 is 1.69 bits per heavy atom. The molecular weight excluding hydrogens is 472 g/mol. The van der Waals surface area contributed by atoms with E-state index in [9.17, 15) is 4.79 Å². The van der Waals surface area contributed by atoms with Crippen LogP contribution < -0.4 is 10.2 Å². The monoisotopic (exact) mass is 502 g/mol. The molecule has 1 aliphatic heterocycles. The molecule has 1 fully saturated rings. The van der Waals surface area contributed by atoms with E-state index in [1.54, 1.807) is 11.8 Å². The highest BCUT2D eigenvalue weighted by Gasteiger charge is 2.23. The molecule has 0 aliphatic carbocycles. The molecule has 0 radical (unpaired) electrons. The molecule has 0 spiro atoms. The van der Waals surface area contributed by atoms with Gasteiger partial charge in [0, 0.05) is 19.6 Å². The summed E-state index contributed by atoms with van der Waals surface area (Å²) >= 11 is 1.62. The fraction of sp³-hybridized carbons (Fsp3) is 0.333. The Hall–Kier alpha value is -3.43. The van der Waals surface area contributed by atoms with Gasteiger partial charge in [-0.05, 0) is 16.9 Å². The van der Waals surface area contributed by atoms with Crippen LogP contribution in [0.15, 0.2) is 72.0 Å². The summed E-state index contributed by atoms with van der Waals surface area (Å²) in [7, 11) is 0. The van der Waals surface area contributed by atoms with Gasteiger partial charge in [0.1, 0.15) is 5.82 Å². The first kappa shape index (κ1) is 24.3. The van der Waals surface area contributed by atoms with Gasteiger partial charge < -0.3 is 15.0 Å². The Morgan fingerprint density at radius 1 is 1.03 bits per heavy atom. The number of nitrogens with zero attached hydrogens (tertiary/aromatic N) is 5. The van der Waals surface area contributed by atoms with E-state index in [-0.39, 0.29) is 11.8 Å². The highest BCUT2D eigenvalue weighted by Crippen LogP contribution is 2.28. The molecule has 1 N–H and O–H groups in total. The van der Waals surface area contributed by atoms with Gasteiger partial charge in [0.2, 0.25) is 5.91 Å². The third-order valence-corrected chi connectivity index (χ3v) is 6.92. The maximum Gasteiger partial charge on any atom is 0.232 e. The van der Waals surface area contributed by atoms with Crippen molar-refractivity contribution in [2.45, 2.75) is 24.5 Å². The van der Waals surface area contributed by atoms with Crippen molar-refractivity contribution in [1.29, 1.82) is 0 Å². The second-order valence-corrected chi connectivity index (χ2v) is 9.74. The van der Waals surface area contributed by atoms with Gasteiger partial charge in [0.15, 0.2) is 10.8 Å². The number of benzene rings is 2. The molecule has 2 aromatic heterocycles. The van der Waals surface area contributed by atoms with Gasteiger partial charge in [0.25, 0.3) is 0 Å². The third kappa shape index (κ3) is 5.37. The van der Waals surface area contributed by atoms with Gasteiger partial charge in [-0.25, -0.2) is 14.6 Å². The van der Waals surface area contributed by atoms with Crippen LogP contribution in [0.3, 0.4) is 0 Å². The average molecular weight is 503 g/mol. The zero-order valence-electron chi connectivity index (χ0n) is 20.3. The fourth-order valence-electron chi connectivity index (χ4n) is 4.47. The standard InChI is InChI=1S/C27H30N6O2S/c1-2-36-27-30-24(32-15-17-35-18-16-32)22-19-29-33(25(22)31-27)14-13-28-26(34)23(20-9-5-3-6-10-20)21-11-7-4-8-12-21/h3-12,19,23H,2,13-18H2,1H3,(H,28,34). The molecule has 36 heavy (non-hydrogen) atoms. The van der Waals surface area contributed by atoms with Crippen molar-refractivity contribution < 1.29 is 9.53 Å². The molecule has 8 nitrogen and oxygen atoms in total. The molecule has 0 unspecified atom stereocenters. The van der Waals surface area contributed by atoms with Gasteiger partial charge >= 0.3 is 0 Å². The van der Waals surface area contributed by atoms with E-state index in [2.05, 4.69) is 22.2 Å². The molecular formula is C27H30N6O2S. The smallest absolute Gasteiger partial charge is 0.232 e. The van der Waals surface area contributed by atoms with Crippen molar-refractivity contribution >= 4 is 34.5 Å². The van der Waals surface area contributed by atoms with Gasteiger partial charge in [-0.3, -0.25) is 4.79 Å². The normalized spacial score (nSPS) is 13.9. The Morgan fingerprint density at radius 3 is 2.33 bits per heavy atom. The number of morpholine rings is 1. The quantitative estimate of drug-likeness (QED) is 0.276. The van der Waals surface area contributed by atoms with Crippen LogP contribution in [-0.4, -0.2) is 64.3 Å². The van der Waals surface area contributed by atoms with Crippen LogP contribution in [0.5, 0.6) is 0 Å². The molecule has 1 amide bonds. The third-order valence-electron chi connectivity index (χ3n) is 6.19. The number of aromatic nitrogens is 4. The van der Waals surface area contributed by atoms with Gasteiger partial charge in [-0.2, -0.15) is 5.10 Å². The molecule has 5 rings (SSSR count). The van der Waals surface area contributed by atoms with Crippen LogP contribution in [0.4, 0.5) is 5.82 Å². The number of rotatable bonds is 9. The lowest BCUT2D eigenvalue weighted by atomic mass is 9.90. The number of thioether (sulfide) groups is 1. The molecule has 9 heteroatoms. The minimum absolute atomic E-state index is 0.0327. The summed E-state index contributed by atoms with van der Waals surface area (Å²) in [4.78, 5) is 25.2. The average Bonchev–Trinajstić information content (AvgIpc) is 3.33. The SMILES string of the molecule is CCSc1nc(N2CCOCC2)c2cnn(CCNC(=O)C(c3ccccc3)c3ccccc3)c2n1.